The molecule has 6 heteroatoms. The number of aromatic nitrogens is 2. The van der Waals surface area contributed by atoms with Crippen molar-refractivity contribution in [3.05, 3.63) is 34.6 Å². The summed E-state index contributed by atoms with van der Waals surface area (Å²) >= 11 is 6.70. The second kappa shape index (κ2) is 6.54. The summed E-state index contributed by atoms with van der Waals surface area (Å²) in [6.45, 7) is 4.19. The Hall–Kier alpha value is -0.590. The van der Waals surface area contributed by atoms with Crippen LogP contribution in [0.1, 0.15) is 19.7 Å². The number of thioether (sulfide) groups is 1. The van der Waals surface area contributed by atoms with E-state index >= 15 is 0 Å². The van der Waals surface area contributed by atoms with Crippen molar-refractivity contribution >= 4 is 44.4 Å². The predicted octanol–water partition coefficient (Wildman–Crippen LogP) is 4.41. The van der Waals surface area contributed by atoms with Gasteiger partial charge in [-0.2, -0.15) is 4.37 Å². The number of anilines is 1. The lowest BCUT2D eigenvalue weighted by molar-refractivity contribution is 0.894. The molecule has 0 radical (unpaired) electrons. The summed E-state index contributed by atoms with van der Waals surface area (Å²) < 4.78 is 5.46. The normalized spacial score (nSPS) is 10.9. The maximum atomic E-state index is 4.46. The van der Waals surface area contributed by atoms with Crippen molar-refractivity contribution in [2.75, 3.05) is 5.32 Å². The molecule has 0 aliphatic rings. The molecule has 0 spiro atoms. The van der Waals surface area contributed by atoms with Crippen LogP contribution in [-0.2, 0) is 5.75 Å². The number of nitrogens with zero attached hydrogens (tertiary/aromatic N) is 2. The van der Waals surface area contributed by atoms with Gasteiger partial charge in [-0.3, -0.25) is 0 Å². The first-order valence-corrected chi connectivity index (χ1v) is 8.17. The van der Waals surface area contributed by atoms with Gasteiger partial charge in [0.2, 0.25) is 5.13 Å². The van der Waals surface area contributed by atoms with Gasteiger partial charge >= 0.3 is 0 Å². The van der Waals surface area contributed by atoms with Crippen molar-refractivity contribution < 1.29 is 0 Å². The fourth-order valence-electron chi connectivity index (χ4n) is 1.32. The van der Waals surface area contributed by atoms with E-state index in [0.717, 1.165) is 21.2 Å². The SMILES string of the molecule is CC(C)Nc1nc(CSc2ccccc2Br)ns1. The lowest BCUT2D eigenvalue weighted by atomic mass is 10.4. The molecule has 0 unspecified atom stereocenters. The summed E-state index contributed by atoms with van der Waals surface area (Å²) in [4.78, 5) is 5.67. The Balaban J connectivity index is 1.94. The Bertz CT molecular complexity index is 514. The number of halogens is 1. The average molecular weight is 344 g/mol. The molecule has 0 amide bonds. The quantitative estimate of drug-likeness (QED) is 0.815. The third-order valence-electron chi connectivity index (χ3n) is 2.07. The maximum Gasteiger partial charge on any atom is 0.202 e. The molecular formula is C12H14BrN3S2. The van der Waals surface area contributed by atoms with Crippen molar-refractivity contribution in [2.24, 2.45) is 0 Å². The number of hydrogen-bond donors (Lipinski definition) is 1. The molecule has 18 heavy (non-hydrogen) atoms. The van der Waals surface area contributed by atoms with E-state index in [1.54, 1.807) is 11.8 Å². The van der Waals surface area contributed by atoms with Crippen LogP contribution < -0.4 is 5.32 Å². The van der Waals surface area contributed by atoms with E-state index in [1.165, 1.54) is 16.4 Å². The van der Waals surface area contributed by atoms with E-state index in [1.807, 2.05) is 18.2 Å². The van der Waals surface area contributed by atoms with E-state index in [-0.39, 0.29) is 0 Å². The largest absolute Gasteiger partial charge is 0.358 e. The van der Waals surface area contributed by atoms with E-state index in [2.05, 4.69) is 50.5 Å². The average Bonchev–Trinajstić information content (AvgIpc) is 2.75. The highest BCUT2D eigenvalue weighted by Crippen LogP contribution is 2.29. The van der Waals surface area contributed by atoms with Gasteiger partial charge in [-0.05, 0) is 41.9 Å². The number of rotatable bonds is 5. The molecule has 0 saturated heterocycles. The minimum atomic E-state index is 0.390. The molecule has 1 N–H and O–H groups in total. The molecule has 2 aromatic rings. The van der Waals surface area contributed by atoms with Gasteiger partial charge < -0.3 is 5.32 Å². The van der Waals surface area contributed by atoms with Crippen molar-refractivity contribution in [3.63, 3.8) is 0 Å². The zero-order valence-electron chi connectivity index (χ0n) is 10.2. The van der Waals surface area contributed by atoms with Crippen LogP contribution in [0.5, 0.6) is 0 Å². The lowest BCUT2D eigenvalue weighted by Gasteiger charge is -2.03. The van der Waals surface area contributed by atoms with Gasteiger partial charge in [0.1, 0.15) is 0 Å². The molecule has 1 aromatic heterocycles. The highest BCUT2D eigenvalue weighted by atomic mass is 79.9. The van der Waals surface area contributed by atoms with Crippen LogP contribution in [0, 0.1) is 0 Å². The molecule has 1 aromatic carbocycles. The number of nitrogens with one attached hydrogen (secondary N) is 1. The van der Waals surface area contributed by atoms with Crippen molar-refractivity contribution in [1.82, 2.24) is 9.36 Å². The fourth-order valence-corrected chi connectivity index (χ4v) is 3.56. The second-order valence-electron chi connectivity index (χ2n) is 4.03. The zero-order valence-corrected chi connectivity index (χ0v) is 13.4. The summed E-state index contributed by atoms with van der Waals surface area (Å²) in [6, 6.07) is 8.58. The van der Waals surface area contributed by atoms with Gasteiger partial charge in [-0.15, -0.1) is 11.8 Å². The highest BCUT2D eigenvalue weighted by Gasteiger charge is 2.06. The van der Waals surface area contributed by atoms with Crippen LogP contribution in [-0.4, -0.2) is 15.4 Å². The number of benzene rings is 1. The predicted molar refractivity (Wildman–Crippen MR) is 82.4 cm³/mol. The van der Waals surface area contributed by atoms with Crippen LogP contribution in [0.4, 0.5) is 5.13 Å². The third-order valence-corrected chi connectivity index (χ3v) is 4.78. The Kier molecular flexibility index (Phi) is 5.03. The van der Waals surface area contributed by atoms with Gasteiger partial charge in [0, 0.05) is 26.9 Å². The molecule has 3 nitrogen and oxygen atoms in total. The second-order valence-corrected chi connectivity index (χ2v) is 6.66. The van der Waals surface area contributed by atoms with Gasteiger partial charge in [-0.1, -0.05) is 12.1 Å². The van der Waals surface area contributed by atoms with E-state index in [9.17, 15) is 0 Å². The summed E-state index contributed by atoms with van der Waals surface area (Å²) in [5, 5.41) is 4.16. The molecule has 0 atom stereocenters. The standard InChI is InChI=1S/C12H14BrN3S2/c1-8(2)14-12-15-11(16-18-12)7-17-10-6-4-3-5-9(10)13/h3-6,8H,7H2,1-2H3,(H,14,15,16). The molecule has 0 bridgehead atoms. The van der Waals surface area contributed by atoms with E-state index in [0.29, 0.717) is 6.04 Å². The molecule has 0 aliphatic carbocycles. The molecule has 2 rings (SSSR count). The monoisotopic (exact) mass is 343 g/mol. The highest BCUT2D eigenvalue weighted by molar-refractivity contribution is 9.10. The molecule has 0 fully saturated rings. The summed E-state index contributed by atoms with van der Waals surface area (Å²) in [6.07, 6.45) is 0. The van der Waals surface area contributed by atoms with Gasteiger partial charge in [0.05, 0.1) is 5.75 Å². The Morgan fingerprint density at radius 3 is 2.89 bits per heavy atom. The maximum absolute atomic E-state index is 4.46. The summed E-state index contributed by atoms with van der Waals surface area (Å²) in [7, 11) is 0. The smallest absolute Gasteiger partial charge is 0.202 e. The van der Waals surface area contributed by atoms with Crippen LogP contribution in [0.25, 0.3) is 0 Å². The van der Waals surface area contributed by atoms with Crippen molar-refractivity contribution in [1.29, 1.82) is 0 Å². The van der Waals surface area contributed by atoms with Crippen LogP contribution in [0.2, 0.25) is 0 Å². The van der Waals surface area contributed by atoms with Gasteiger partial charge in [0.25, 0.3) is 0 Å². The first-order valence-electron chi connectivity index (χ1n) is 5.61. The van der Waals surface area contributed by atoms with Crippen molar-refractivity contribution in [3.8, 4) is 0 Å². The Morgan fingerprint density at radius 1 is 1.39 bits per heavy atom. The minimum Gasteiger partial charge on any atom is -0.358 e. The molecule has 96 valence electrons. The zero-order chi connectivity index (χ0) is 13.0. The Labute approximate surface area is 124 Å². The fraction of sp³-hybridized carbons (Fsp3) is 0.333. The molecular weight excluding hydrogens is 330 g/mol. The first-order chi connectivity index (χ1) is 8.65. The third kappa shape index (κ3) is 3.96. The topological polar surface area (TPSA) is 37.8 Å². The van der Waals surface area contributed by atoms with Gasteiger partial charge in [0.15, 0.2) is 5.82 Å². The summed E-state index contributed by atoms with van der Waals surface area (Å²) in [5.41, 5.74) is 0. The molecule has 0 saturated carbocycles. The molecule has 0 aliphatic heterocycles. The van der Waals surface area contributed by atoms with Crippen molar-refractivity contribution in [2.45, 2.75) is 30.5 Å². The Morgan fingerprint density at radius 2 is 2.17 bits per heavy atom. The van der Waals surface area contributed by atoms with Crippen LogP contribution in [0.15, 0.2) is 33.6 Å². The van der Waals surface area contributed by atoms with Gasteiger partial charge in [-0.25, -0.2) is 4.98 Å². The number of hydrogen-bond acceptors (Lipinski definition) is 5. The summed E-state index contributed by atoms with van der Waals surface area (Å²) in [5.74, 6) is 1.67. The minimum absolute atomic E-state index is 0.390. The van der Waals surface area contributed by atoms with Crippen LogP contribution >= 0.6 is 39.2 Å². The van der Waals surface area contributed by atoms with Crippen LogP contribution in [0.3, 0.4) is 0 Å². The molecule has 1 heterocycles. The van der Waals surface area contributed by atoms with E-state index in [4.69, 9.17) is 0 Å². The first kappa shape index (κ1) is 13.8. The lowest BCUT2D eigenvalue weighted by Crippen LogP contribution is -2.09. The van der Waals surface area contributed by atoms with E-state index < -0.39 is 0 Å².